The third kappa shape index (κ3) is 5.97. The van der Waals surface area contributed by atoms with Gasteiger partial charge in [-0.15, -0.1) is 35.7 Å². The SMILES string of the molecule is Cc1cc(C)c(-c2cnn(-c3[c-]c(Oc4[c-]c5c(cc4)c4ccccc4n5-c4cc(CC(C)C)ccn4)ccc3)c2)c(C)c1.[Pt+2]. The maximum Gasteiger partial charge on any atom is 2.00 e. The average molecular weight is 770 g/mol. The van der Waals surface area contributed by atoms with Gasteiger partial charge in [0.25, 0.3) is 0 Å². The van der Waals surface area contributed by atoms with Crippen LogP contribution in [0.3, 0.4) is 0 Å². The molecule has 0 fully saturated rings. The predicted octanol–water partition coefficient (Wildman–Crippen LogP) is 9.55. The van der Waals surface area contributed by atoms with Crippen LogP contribution in [-0.2, 0) is 27.5 Å². The van der Waals surface area contributed by atoms with Gasteiger partial charge in [0.15, 0.2) is 0 Å². The van der Waals surface area contributed by atoms with Crippen molar-refractivity contribution < 1.29 is 25.8 Å². The molecule has 7 aromatic rings. The van der Waals surface area contributed by atoms with Crippen LogP contribution >= 0.6 is 0 Å². The van der Waals surface area contributed by atoms with Crippen LogP contribution in [0.1, 0.15) is 36.1 Å². The smallest absolute Gasteiger partial charge is 0.509 e. The number of fused-ring (bicyclic) bond motifs is 3. The quantitative estimate of drug-likeness (QED) is 0.152. The molecule has 5 nitrogen and oxygen atoms in total. The van der Waals surface area contributed by atoms with Crippen molar-refractivity contribution in [1.29, 1.82) is 0 Å². The number of rotatable bonds is 7. The monoisotopic (exact) mass is 769 g/mol. The predicted molar refractivity (Wildman–Crippen MR) is 178 cm³/mol. The van der Waals surface area contributed by atoms with Crippen LogP contribution < -0.4 is 4.74 Å². The summed E-state index contributed by atoms with van der Waals surface area (Å²) in [7, 11) is 0. The summed E-state index contributed by atoms with van der Waals surface area (Å²) in [4.78, 5) is 4.77. The summed E-state index contributed by atoms with van der Waals surface area (Å²) < 4.78 is 10.4. The number of para-hydroxylation sites is 1. The molecule has 0 spiro atoms. The van der Waals surface area contributed by atoms with E-state index in [1.54, 1.807) is 0 Å². The van der Waals surface area contributed by atoms with E-state index in [1.165, 1.54) is 27.8 Å². The number of nitrogens with zero attached hydrogens (tertiary/aromatic N) is 4. The zero-order valence-electron chi connectivity index (χ0n) is 26.0. The van der Waals surface area contributed by atoms with Crippen molar-refractivity contribution in [2.75, 3.05) is 0 Å². The number of hydrogen-bond acceptors (Lipinski definition) is 3. The Morgan fingerprint density at radius 2 is 1.60 bits per heavy atom. The first-order chi connectivity index (χ1) is 21.3. The molecule has 6 heteroatoms. The molecule has 0 radical (unpaired) electrons. The number of aryl methyl sites for hydroxylation is 3. The van der Waals surface area contributed by atoms with Crippen molar-refractivity contribution >= 4 is 21.8 Å². The van der Waals surface area contributed by atoms with Crippen molar-refractivity contribution in [1.82, 2.24) is 19.3 Å². The molecule has 3 heterocycles. The van der Waals surface area contributed by atoms with Crippen LogP contribution in [0.15, 0.2) is 97.5 Å². The largest absolute Gasteiger partial charge is 2.00 e. The van der Waals surface area contributed by atoms with Crippen LogP contribution in [0.25, 0.3) is 44.4 Å². The molecule has 0 atom stereocenters. The fourth-order valence-corrected chi connectivity index (χ4v) is 6.32. The minimum absolute atomic E-state index is 0. The molecule has 0 unspecified atom stereocenters. The van der Waals surface area contributed by atoms with Crippen molar-refractivity contribution in [3.8, 4) is 34.1 Å². The number of pyridine rings is 1. The maximum atomic E-state index is 6.37. The number of ether oxygens (including phenoxy) is 1. The molecule has 3 aromatic heterocycles. The van der Waals surface area contributed by atoms with E-state index in [2.05, 4.69) is 117 Å². The van der Waals surface area contributed by atoms with Crippen LogP contribution in [0.2, 0.25) is 0 Å². The van der Waals surface area contributed by atoms with Crippen molar-refractivity contribution in [3.63, 3.8) is 0 Å². The Bertz CT molecular complexity index is 2130. The van der Waals surface area contributed by atoms with E-state index in [9.17, 15) is 0 Å². The Morgan fingerprint density at radius 1 is 0.822 bits per heavy atom. The fourth-order valence-electron chi connectivity index (χ4n) is 6.32. The van der Waals surface area contributed by atoms with Gasteiger partial charge in [0, 0.05) is 35.0 Å². The van der Waals surface area contributed by atoms with E-state index >= 15 is 0 Å². The Labute approximate surface area is 278 Å². The molecule has 0 aliphatic rings. The number of aromatic nitrogens is 4. The van der Waals surface area contributed by atoms with Crippen molar-refractivity contribution in [3.05, 3.63) is 132 Å². The molecule has 0 aliphatic heterocycles. The summed E-state index contributed by atoms with van der Waals surface area (Å²) in [6.45, 7) is 10.9. The van der Waals surface area contributed by atoms with Crippen LogP contribution in [0.4, 0.5) is 0 Å². The molecule has 0 bridgehead atoms. The second kappa shape index (κ2) is 12.5. The van der Waals surface area contributed by atoms with Gasteiger partial charge in [0.2, 0.25) is 0 Å². The summed E-state index contributed by atoms with van der Waals surface area (Å²) in [6, 6.07) is 34.0. The van der Waals surface area contributed by atoms with Gasteiger partial charge in [-0.2, -0.15) is 17.2 Å². The maximum absolute atomic E-state index is 6.37. The fraction of sp³-hybridized carbons (Fsp3) is 0.179. The van der Waals surface area contributed by atoms with E-state index < -0.39 is 0 Å². The minimum atomic E-state index is 0. The van der Waals surface area contributed by atoms with E-state index in [1.807, 2.05) is 41.3 Å². The Morgan fingerprint density at radius 3 is 2.40 bits per heavy atom. The average Bonchev–Trinajstić information content (AvgIpc) is 3.60. The van der Waals surface area contributed by atoms with Gasteiger partial charge < -0.3 is 9.30 Å². The molecule has 45 heavy (non-hydrogen) atoms. The zero-order valence-corrected chi connectivity index (χ0v) is 28.3. The van der Waals surface area contributed by atoms with E-state index in [0.717, 1.165) is 45.3 Å². The third-order valence-electron chi connectivity index (χ3n) is 8.01. The molecule has 0 saturated carbocycles. The molecule has 4 aromatic carbocycles. The van der Waals surface area contributed by atoms with Gasteiger partial charge in [0.05, 0.1) is 6.20 Å². The molecule has 226 valence electrons. The minimum Gasteiger partial charge on any atom is -0.509 e. The zero-order chi connectivity index (χ0) is 30.4. The summed E-state index contributed by atoms with van der Waals surface area (Å²) in [6.07, 6.45) is 6.86. The van der Waals surface area contributed by atoms with Gasteiger partial charge in [-0.3, -0.25) is 4.68 Å². The second-order valence-electron chi connectivity index (χ2n) is 12.0. The van der Waals surface area contributed by atoms with Crippen molar-refractivity contribution in [2.45, 2.75) is 41.0 Å². The molecule has 7 rings (SSSR count). The van der Waals surface area contributed by atoms with E-state index in [0.29, 0.717) is 17.4 Å². The summed E-state index contributed by atoms with van der Waals surface area (Å²) >= 11 is 0. The Hall–Kier alpha value is -4.47. The molecular weight excluding hydrogens is 736 g/mol. The summed E-state index contributed by atoms with van der Waals surface area (Å²) in [5.41, 5.74) is 10.1. The van der Waals surface area contributed by atoms with Gasteiger partial charge >= 0.3 is 21.1 Å². The first kappa shape index (κ1) is 30.6. The van der Waals surface area contributed by atoms with Crippen LogP contribution in [0.5, 0.6) is 11.5 Å². The first-order valence-corrected chi connectivity index (χ1v) is 15.1. The number of benzene rings is 4. The Balaban J connectivity index is 0.00000357. The van der Waals surface area contributed by atoms with Crippen LogP contribution in [-0.4, -0.2) is 19.3 Å². The molecule has 0 N–H and O–H groups in total. The first-order valence-electron chi connectivity index (χ1n) is 15.1. The molecule has 0 amide bonds. The van der Waals surface area contributed by atoms with Gasteiger partial charge in [-0.05, 0) is 84.6 Å². The molecule has 0 saturated heterocycles. The van der Waals surface area contributed by atoms with Gasteiger partial charge in [0.1, 0.15) is 5.82 Å². The Kier molecular flexibility index (Phi) is 8.48. The standard InChI is InChI=1S/C39H34N4O.Pt/c1-25(2)17-29-15-16-40-38(20-29)43-36-12-7-6-11-34(36)35-14-13-33(22-37(35)43)44-32-10-8-9-31(21-32)42-24-30(23-41-42)39-27(4)18-26(3)19-28(39)5;/h6-16,18-20,23-25H,17H2,1-5H3;/q-2;+2. The van der Waals surface area contributed by atoms with Crippen molar-refractivity contribution in [2.24, 2.45) is 5.92 Å². The normalized spacial score (nSPS) is 11.3. The third-order valence-corrected chi connectivity index (χ3v) is 8.01. The topological polar surface area (TPSA) is 44.9 Å². The molecular formula is C39H34N4OPt. The summed E-state index contributed by atoms with van der Waals surface area (Å²) in [5, 5.41) is 6.92. The van der Waals surface area contributed by atoms with E-state index in [4.69, 9.17) is 9.72 Å². The number of hydrogen-bond donors (Lipinski definition) is 0. The second-order valence-corrected chi connectivity index (χ2v) is 12.0. The summed E-state index contributed by atoms with van der Waals surface area (Å²) in [5.74, 6) is 2.65. The van der Waals surface area contributed by atoms with Crippen LogP contribution in [0, 0.1) is 38.8 Å². The van der Waals surface area contributed by atoms with Gasteiger partial charge in [-0.1, -0.05) is 55.3 Å². The molecule has 0 aliphatic carbocycles. The van der Waals surface area contributed by atoms with E-state index in [-0.39, 0.29) is 21.1 Å². The van der Waals surface area contributed by atoms with Gasteiger partial charge in [-0.25, -0.2) is 4.98 Å².